The predicted octanol–water partition coefficient (Wildman–Crippen LogP) is 3.72. The lowest BCUT2D eigenvalue weighted by Crippen LogP contribution is -2.13. The summed E-state index contributed by atoms with van der Waals surface area (Å²) in [7, 11) is 0. The molecule has 0 aliphatic rings. The molecule has 3 aromatic rings. The molecular weight excluding hydrogens is 340 g/mol. The summed E-state index contributed by atoms with van der Waals surface area (Å²) < 4.78 is 5.32. The lowest BCUT2D eigenvalue weighted by atomic mass is 10.1. The molecule has 25 heavy (non-hydrogen) atoms. The number of aromatic nitrogens is 1. The van der Waals surface area contributed by atoms with Gasteiger partial charge in [-0.15, -0.1) is 0 Å². The van der Waals surface area contributed by atoms with Crippen molar-refractivity contribution in [3.8, 4) is 17.0 Å². The van der Waals surface area contributed by atoms with Crippen LogP contribution in [0.2, 0.25) is 5.15 Å². The first kappa shape index (κ1) is 16.7. The van der Waals surface area contributed by atoms with Gasteiger partial charge in [0.25, 0.3) is 5.91 Å². The summed E-state index contributed by atoms with van der Waals surface area (Å²) in [5.41, 5.74) is 7.10. The Bertz CT molecular complexity index is 925. The van der Waals surface area contributed by atoms with E-state index in [1.165, 1.54) is 12.1 Å². The predicted molar refractivity (Wildman–Crippen MR) is 94.6 cm³/mol. The summed E-state index contributed by atoms with van der Waals surface area (Å²) in [6.07, 6.45) is 0. The Morgan fingerprint density at radius 3 is 2.24 bits per heavy atom. The smallest absolute Gasteiger partial charge is 0.343 e. The molecular formula is C19H13ClN2O3. The van der Waals surface area contributed by atoms with Gasteiger partial charge < -0.3 is 10.5 Å². The highest BCUT2D eigenvalue weighted by atomic mass is 35.5. The molecule has 0 aliphatic carbocycles. The van der Waals surface area contributed by atoms with Crippen LogP contribution < -0.4 is 10.5 Å². The number of primary amides is 1. The first-order chi connectivity index (χ1) is 12.0. The van der Waals surface area contributed by atoms with Crippen molar-refractivity contribution in [3.63, 3.8) is 0 Å². The molecule has 1 aromatic heterocycles. The molecule has 124 valence electrons. The molecule has 0 saturated carbocycles. The number of pyridine rings is 1. The number of nitrogens with zero attached hydrogens (tertiary/aromatic N) is 1. The molecule has 0 bridgehead atoms. The highest BCUT2D eigenvalue weighted by Gasteiger charge is 2.13. The zero-order valence-corrected chi connectivity index (χ0v) is 13.7. The number of carbonyl (C=O) groups is 2. The number of benzene rings is 2. The highest BCUT2D eigenvalue weighted by molar-refractivity contribution is 6.29. The van der Waals surface area contributed by atoms with E-state index < -0.39 is 11.9 Å². The van der Waals surface area contributed by atoms with E-state index in [9.17, 15) is 9.59 Å². The number of carbonyl (C=O) groups excluding carboxylic acids is 2. The summed E-state index contributed by atoms with van der Waals surface area (Å²) in [6, 6.07) is 18.3. The second kappa shape index (κ2) is 7.15. The lowest BCUT2D eigenvalue weighted by molar-refractivity contribution is 0.0734. The van der Waals surface area contributed by atoms with Crippen molar-refractivity contribution in [1.29, 1.82) is 0 Å². The molecule has 2 aromatic carbocycles. The Balaban J connectivity index is 1.85. The number of halogens is 1. The van der Waals surface area contributed by atoms with E-state index in [-0.39, 0.29) is 10.7 Å². The summed E-state index contributed by atoms with van der Waals surface area (Å²) in [6.45, 7) is 0. The molecule has 5 nitrogen and oxygen atoms in total. The molecule has 1 heterocycles. The van der Waals surface area contributed by atoms with E-state index in [0.29, 0.717) is 22.6 Å². The zero-order valence-electron chi connectivity index (χ0n) is 13.0. The Morgan fingerprint density at radius 1 is 0.920 bits per heavy atom. The fraction of sp³-hybridized carbons (Fsp3) is 0. The lowest BCUT2D eigenvalue weighted by Gasteiger charge is -2.08. The maximum atomic E-state index is 12.0. The molecule has 0 fully saturated rings. The van der Waals surface area contributed by atoms with Crippen LogP contribution >= 0.6 is 11.6 Å². The number of rotatable bonds is 4. The molecule has 6 heteroatoms. The third-order valence-corrected chi connectivity index (χ3v) is 3.69. The number of nitrogens with two attached hydrogens (primary N) is 1. The molecule has 0 radical (unpaired) electrons. The van der Waals surface area contributed by atoms with Gasteiger partial charge in [-0.05, 0) is 48.5 Å². The van der Waals surface area contributed by atoms with E-state index in [2.05, 4.69) is 4.98 Å². The highest BCUT2D eigenvalue weighted by Crippen LogP contribution is 2.26. The minimum Gasteiger partial charge on any atom is -0.423 e. The van der Waals surface area contributed by atoms with Crippen LogP contribution in [0.5, 0.6) is 5.75 Å². The van der Waals surface area contributed by atoms with Crippen LogP contribution in [0, 0.1) is 0 Å². The van der Waals surface area contributed by atoms with Crippen molar-refractivity contribution < 1.29 is 14.3 Å². The summed E-state index contributed by atoms with van der Waals surface area (Å²) in [5.74, 6) is -0.675. The summed E-state index contributed by atoms with van der Waals surface area (Å²) in [4.78, 5) is 27.7. The van der Waals surface area contributed by atoms with Crippen LogP contribution in [0.1, 0.15) is 20.7 Å². The molecule has 0 aliphatic heterocycles. The fourth-order valence-electron chi connectivity index (χ4n) is 2.28. The van der Waals surface area contributed by atoms with Crippen LogP contribution in [0.4, 0.5) is 0 Å². The van der Waals surface area contributed by atoms with Gasteiger partial charge in [-0.25, -0.2) is 9.78 Å². The van der Waals surface area contributed by atoms with Gasteiger partial charge in [-0.3, -0.25) is 4.79 Å². The zero-order chi connectivity index (χ0) is 17.8. The summed E-state index contributed by atoms with van der Waals surface area (Å²) >= 11 is 5.91. The molecule has 1 amide bonds. The average molecular weight is 353 g/mol. The number of ether oxygens (including phenoxy) is 1. The average Bonchev–Trinajstić information content (AvgIpc) is 2.62. The van der Waals surface area contributed by atoms with Gasteiger partial charge in [0.1, 0.15) is 10.9 Å². The van der Waals surface area contributed by atoms with Crippen molar-refractivity contribution in [2.24, 2.45) is 5.73 Å². The SMILES string of the molecule is NC(=O)c1ccc(Cl)nc1-c1ccc(OC(=O)c2ccccc2)cc1. The third-order valence-electron chi connectivity index (χ3n) is 3.47. The Kier molecular flexibility index (Phi) is 4.77. The maximum Gasteiger partial charge on any atom is 0.343 e. The largest absolute Gasteiger partial charge is 0.423 e. The van der Waals surface area contributed by atoms with Gasteiger partial charge in [0.05, 0.1) is 16.8 Å². The van der Waals surface area contributed by atoms with Crippen molar-refractivity contribution in [2.45, 2.75) is 0 Å². The van der Waals surface area contributed by atoms with E-state index in [0.717, 1.165) is 0 Å². The Morgan fingerprint density at radius 2 is 1.60 bits per heavy atom. The van der Waals surface area contributed by atoms with E-state index in [4.69, 9.17) is 22.1 Å². The van der Waals surface area contributed by atoms with Crippen LogP contribution in [-0.4, -0.2) is 16.9 Å². The number of hydrogen-bond acceptors (Lipinski definition) is 4. The monoisotopic (exact) mass is 352 g/mol. The van der Waals surface area contributed by atoms with Gasteiger partial charge in [0, 0.05) is 5.56 Å². The molecule has 0 spiro atoms. The van der Waals surface area contributed by atoms with Gasteiger partial charge in [-0.1, -0.05) is 29.8 Å². The van der Waals surface area contributed by atoms with Gasteiger partial charge in [0.2, 0.25) is 0 Å². The van der Waals surface area contributed by atoms with Crippen LogP contribution in [0.3, 0.4) is 0 Å². The second-order valence-corrected chi connectivity index (χ2v) is 5.56. The minimum atomic E-state index is -0.598. The molecule has 0 unspecified atom stereocenters. The van der Waals surface area contributed by atoms with E-state index in [1.807, 2.05) is 6.07 Å². The minimum absolute atomic E-state index is 0.250. The number of esters is 1. The molecule has 3 rings (SSSR count). The van der Waals surface area contributed by atoms with Gasteiger partial charge in [0.15, 0.2) is 0 Å². The number of hydrogen-bond donors (Lipinski definition) is 1. The first-order valence-corrected chi connectivity index (χ1v) is 7.76. The molecule has 0 atom stereocenters. The molecule has 0 saturated heterocycles. The second-order valence-electron chi connectivity index (χ2n) is 5.17. The number of amides is 1. The Hall–Kier alpha value is -3.18. The van der Waals surface area contributed by atoms with Gasteiger partial charge >= 0.3 is 5.97 Å². The fourth-order valence-corrected chi connectivity index (χ4v) is 2.42. The van der Waals surface area contributed by atoms with Crippen molar-refractivity contribution in [2.75, 3.05) is 0 Å². The normalized spacial score (nSPS) is 10.3. The quantitative estimate of drug-likeness (QED) is 0.440. The van der Waals surface area contributed by atoms with E-state index >= 15 is 0 Å². The topological polar surface area (TPSA) is 82.3 Å². The Labute approximate surface area is 149 Å². The standard InChI is InChI=1S/C19H13ClN2O3/c20-16-11-10-15(18(21)23)17(22-16)12-6-8-14(9-7-12)25-19(24)13-4-2-1-3-5-13/h1-11H,(H2,21,23). The van der Waals surface area contributed by atoms with Crippen molar-refractivity contribution in [1.82, 2.24) is 4.98 Å². The van der Waals surface area contributed by atoms with Crippen molar-refractivity contribution in [3.05, 3.63) is 83.0 Å². The van der Waals surface area contributed by atoms with Crippen LogP contribution in [-0.2, 0) is 0 Å². The third kappa shape index (κ3) is 3.84. The van der Waals surface area contributed by atoms with Crippen LogP contribution in [0.25, 0.3) is 11.3 Å². The maximum absolute atomic E-state index is 12.0. The summed E-state index contributed by atoms with van der Waals surface area (Å²) in [5, 5.41) is 0.250. The van der Waals surface area contributed by atoms with Crippen LogP contribution in [0.15, 0.2) is 66.7 Å². The van der Waals surface area contributed by atoms with Crippen molar-refractivity contribution >= 4 is 23.5 Å². The van der Waals surface area contributed by atoms with E-state index in [1.54, 1.807) is 48.5 Å². The van der Waals surface area contributed by atoms with Gasteiger partial charge in [-0.2, -0.15) is 0 Å². The first-order valence-electron chi connectivity index (χ1n) is 7.38. The molecule has 2 N–H and O–H groups in total.